The van der Waals surface area contributed by atoms with Gasteiger partial charge in [-0.05, 0) is 36.2 Å². The summed E-state index contributed by atoms with van der Waals surface area (Å²) in [7, 11) is 0. The van der Waals surface area contributed by atoms with Crippen molar-refractivity contribution in [2.24, 2.45) is 0 Å². The number of carbonyl (C=O) groups is 1. The van der Waals surface area contributed by atoms with Crippen LogP contribution in [0.15, 0.2) is 47.1 Å². The summed E-state index contributed by atoms with van der Waals surface area (Å²) in [4.78, 5) is 12.4. The third-order valence-electron chi connectivity index (χ3n) is 3.41. The highest BCUT2D eigenvalue weighted by Gasteiger charge is 2.15. The van der Waals surface area contributed by atoms with Gasteiger partial charge in [0.2, 0.25) is 0 Å². The predicted octanol–water partition coefficient (Wildman–Crippen LogP) is 2.57. The zero-order valence-corrected chi connectivity index (χ0v) is 13.2. The van der Waals surface area contributed by atoms with Gasteiger partial charge in [0.05, 0.1) is 18.1 Å². The average molecular weight is 329 g/mol. The van der Waals surface area contributed by atoms with E-state index in [9.17, 15) is 9.90 Å². The molecule has 0 unspecified atom stereocenters. The van der Waals surface area contributed by atoms with E-state index < -0.39 is 6.10 Å². The molecule has 0 aliphatic carbocycles. The Morgan fingerprint density at radius 1 is 1.35 bits per heavy atom. The highest BCUT2D eigenvalue weighted by atomic mass is 32.1. The molecule has 1 aromatic carbocycles. The Balaban J connectivity index is 1.61. The van der Waals surface area contributed by atoms with Crippen molar-refractivity contribution in [3.8, 4) is 11.3 Å². The third kappa shape index (κ3) is 3.46. The number of furan rings is 1. The summed E-state index contributed by atoms with van der Waals surface area (Å²) >= 11 is 1.04. The number of rotatable bonds is 5. The number of aliphatic hydroxyl groups excluding tert-OH is 1. The molecule has 3 aromatic rings. The lowest BCUT2D eigenvalue weighted by Crippen LogP contribution is -2.28. The van der Waals surface area contributed by atoms with Crippen LogP contribution in [-0.4, -0.2) is 27.1 Å². The summed E-state index contributed by atoms with van der Waals surface area (Å²) in [6.45, 7) is 1.85. The molecule has 2 N–H and O–H groups in total. The summed E-state index contributed by atoms with van der Waals surface area (Å²) in [6.07, 6.45) is 0.829. The quantitative estimate of drug-likeness (QED) is 0.751. The number of hydrogen-bond acceptors (Lipinski definition) is 6. The SMILES string of the molecule is Cc1nnsc1C(=O)NC[C@@H](O)c1ccc(-c2ccco2)cc1. The molecular formula is C16H15N3O3S. The molecule has 118 valence electrons. The zero-order chi connectivity index (χ0) is 16.2. The fourth-order valence-corrected chi connectivity index (χ4v) is 2.71. The summed E-state index contributed by atoms with van der Waals surface area (Å²) in [5, 5.41) is 16.7. The number of hydrogen-bond donors (Lipinski definition) is 2. The van der Waals surface area contributed by atoms with Crippen molar-refractivity contribution in [3.63, 3.8) is 0 Å². The molecule has 0 aliphatic heterocycles. The van der Waals surface area contributed by atoms with Crippen LogP contribution in [0, 0.1) is 6.92 Å². The van der Waals surface area contributed by atoms with Gasteiger partial charge in [-0.15, -0.1) is 5.10 Å². The van der Waals surface area contributed by atoms with E-state index in [0.717, 1.165) is 28.4 Å². The molecule has 1 atom stereocenters. The summed E-state index contributed by atoms with van der Waals surface area (Å²) in [6, 6.07) is 11.1. The number of nitrogens with one attached hydrogen (secondary N) is 1. The van der Waals surface area contributed by atoms with E-state index in [4.69, 9.17) is 4.42 Å². The van der Waals surface area contributed by atoms with Crippen molar-refractivity contribution >= 4 is 17.4 Å². The van der Waals surface area contributed by atoms with E-state index >= 15 is 0 Å². The maximum absolute atomic E-state index is 12.0. The molecular weight excluding hydrogens is 314 g/mol. The second-order valence-electron chi connectivity index (χ2n) is 5.01. The summed E-state index contributed by atoms with van der Waals surface area (Å²) < 4.78 is 9.04. The average Bonchev–Trinajstić information content (AvgIpc) is 3.24. The van der Waals surface area contributed by atoms with E-state index in [0.29, 0.717) is 10.6 Å². The molecule has 3 rings (SSSR count). The first-order valence-corrected chi connectivity index (χ1v) is 7.81. The van der Waals surface area contributed by atoms with Crippen molar-refractivity contribution in [1.82, 2.24) is 14.9 Å². The van der Waals surface area contributed by atoms with E-state index in [1.54, 1.807) is 13.2 Å². The molecule has 6 nitrogen and oxygen atoms in total. The van der Waals surface area contributed by atoms with Crippen LogP contribution in [0.3, 0.4) is 0 Å². The maximum Gasteiger partial charge on any atom is 0.265 e. The Kier molecular flexibility index (Phi) is 4.50. The Morgan fingerprint density at radius 3 is 2.74 bits per heavy atom. The molecule has 0 aliphatic rings. The molecule has 2 heterocycles. The first-order chi connectivity index (χ1) is 11.1. The minimum absolute atomic E-state index is 0.121. The van der Waals surface area contributed by atoms with Gasteiger partial charge in [0.25, 0.3) is 5.91 Å². The van der Waals surface area contributed by atoms with Crippen LogP contribution < -0.4 is 5.32 Å². The predicted molar refractivity (Wildman–Crippen MR) is 86.1 cm³/mol. The van der Waals surface area contributed by atoms with Gasteiger partial charge in [-0.1, -0.05) is 28.8 Å². The standard InChI is InChI=1S/C16H15N3O3S/c1-10-15(23-19-18-10)16(21)17-9-13(20)11-4-6-12(7-5-11)14-3-2-8-22-14/h2-8,13,20H,9H2,1H3,(H,17,21)/t13-/m1/s1. The van der Waals surface area contributed by atoms with Crippen LogP contribution in [-0.2, 0) is 0 Å². The molecule has 0 saturated heterocycles. The molecule has 23 heavy (non-hydrogen) atoms. The van der Waals surface area contributed by atoms with Crippen molar-refractivity contribution in [2.45, 2.75) is 13.0 Å². The number of nitrogens with zero attached hydrogens (tertiary/aromatic N) is 2. The molecule has 0 spiro atoms. The van der Waals surface area contributed by atoms with Crippen LogP contribution in [0.1, 0.15) is 27.0 Å². The topological polar surface area (TPSA) is 88.2 Å². The lowest BCUT2D eigenvalue weighted by molar-refractivity contribution is 0.0919. The van der Waals surface area contributed by atoms with Gasteiger partial charge in [-0.3, -0.25) is 4.79 Å². The van der Waals surface area contributed by atoms with Crippen molar-refractivity contribution in [2.75, 3.05) is 6.54 Å². The highest BCUT2D eigenvalue weighted by Crippen LogP contribution is 2.22. The van der Waals surface area contributed by atoms with E-state index in [2.05, 4.69) is 14.9 Å². The molecule has 2 aromatic heterocycles. The van der Waals surface area contributed by atoms with E-state index in [1.807, 2.05) is 36.4 Å². The highest BCUT2D eigenvalue weighted by molar-refractivity contribution is 7.07. The van der Waals surface area contributed by atoms with Gasteiger partial charge < -0.3 is 14.8 Å². The first-order valence-electron chi connectivity index (χ1n) is 7.04. The molecule has 1 amide bonds. The molecule has 0 bridgehead atoms. The minimum Gasteiger partial charge on any atom is -0.464 e. The summed E-state index contributed by atoms with van der Waals surface area (Å²) in [5.74, 6) is 0.497. The van der Waals surface area contributed by atoms with Gasteiger partial charge in [0.1, 0.15) is 10.6 Å². The van der Waals surface area contributed by atoms with E-state index in [-0.39, 0.29) is 12.5 Å². The third-order valence-corrected chi connectivity index (χ3v) is 4.24. The number of amides is 1. The Hall–Kier alpha value is -2.51. The number of aliphatic hydroxyl groups is 1. The Bertz CT molecular complexity index is 781. The van der Waals surface area contributed by atoms with Crippen LogP contribution >= 0.6 is 11.5 Å². The minimum atomic E-state index is -0.786. The number of aromatic nitrogens is 2. The largest absolute Gasteiger partial charge is 0.464 e. The Morgan fingerprint density at radius 2 is 2.13 bits per heavy atom. The van der Waals surface area contributed by atoms with Gasteiger partial charge in [-0.25, -0.2) is 0 Å². The van der Waals surface area contributed by atoms with Gasteiger partial charge in [0.15, 0.2) is 0 Å². The fraction of sp³-hybridized carbons (Fsp3) is 0.188. The van der Waals surface area contributed by atoms with Crippen molar-refractivity contribution in [3.05, 3.63) is 58.8 Å². The number of carbonyl (C=O) groups excluding carboxylic acids is 1. The first kappa shape index (κ1) is 15.4. The van der Waals surface area contributed by atoms with Gasteiger partial charge in [0, 0.05) is 12.1 Å². The number of aryl methyl sites for hydroxylation is 1. The molecule has 0 fully saturated rings. The van der Waals surface area contributed by atoms with Crippen LogP contribution in [0.2, 0.25) is 0 Å². The van der Waals surface area contributed by atoms with Gasteiger partial charge >= 0.3 is 0 Å². The lowest BCUT2D eigenvalue weighted by Gasteiger charge is -2.12. The van der Waals surface area contributed by atoms with Crippen LogP contribution in [0.4, 0.5) is 0 Å². The lowest BCUT2D eigenvalue weighted by atomic mass is 10.1. The normalized spacial score (nSPS) is 12.1. The van der Waals surface area contributed by atoms with Crippen LogP contribution in [0.5, 0.6) is 0 Å². The number of benzene rings is 1. The maximum atomic E-state index is 12.0. The van der Waals surface area contributed by atoms with Crippen molar-refractivity contribution in [1.29, 1.82) is 0 Å². The summed E-state index contributed by atoms with van der Waals surface area (Å²) in [5.41, 5.74) is 2.24. The second-order valence-corrected chi connectivity index (χ2v) is 5.77. The molecule has 0 radical (unpaired) electrons. The van der Waals surface area contributed by atoms with Crippen LogP contribution in [0.25, 0.3) is 11.3 Å². The van der Waals surface area contributed by atoms with Crippen molar-refractivity contribution < 1.29 is 14.3 Å². The fourth-order valence-electron chi connectivity index (χ4n) is 2.14. The Labute approximate surface area is 136 Å². The smallest absolute Gasteiger partial charge is 0.265 e. The monoisotopic (exact) mass is 329 g/mol. The zero-order valence-electron chi connectivity index (χ0n) is 12.4. The molecule has 7 heteroatoms. The molecule has 0 saturated carbocycles. The van der Waals surface area contributed by atoms with Gasteiger partial charge in [-0.2, -0.15) is 0 Å². The second kappa shape index (κ2) is 6.72. The van der Waals surface area contributed by atoms with E-state index in [1.165, 1.54) is 0 Å².